The molecule has 1 aliphatic rings. The normalized spacial score (nSPS) is 21.9. The summed E-state index contributed by atoms with van der Waals surface area (Å²) in [6, 6.07) is 3.90. The second-order valence-electron chi connectivity index (χ2n) is 7.06. The van der Waals surface area contributed by atoms with E-state index in [2.05, 4.69) is 10.6 Å². The maximum atomic E-state index is 12.2. The molecule has 0 aromatic heterocycles. The number of rotatable bonds is 6. The number of nitrogens with one attached hydrogen (secondary N) is 2. The summed E-state index contributed by atoms with van der Waals surface area (Å²) in [4.78, 5) is 46.2. The molecular weight excluding hydrogens is 354 g/mol. The molecule has 0 radical (unpaired) electrons. The summed E-state index contributed by atoms with van der Waals surface area (Å²) in [6.07, 6.45) is 2.12. The molecule has 1 saturated carbocycles. The van der Waals surface area contributed by atoms with Crippen LogP contribution in [0.5, 0.6) is 0 Å². The van der Waals surface area contributed by atoms with Gasteiger partial charge in [0.1, 0.15) is 5.54 Å². The van der Waals surface area contributed by atoms with Gasteiger partial charge in [0, 0.05) is 17.2 Å². The Morgan fingerprint density at radius 2 is 1.93 bits per heavy atom. The number of hydrogen-bond acceptors (Lipinski definition) is 5. The smallest absolute Gasteiger partial charge is 0.329 e. The van der Waals surface area contributed by atoms with E-state index in [0.717, 1.165) is 0 Å². The maximum Gasteiger partial charge on any atom is 0.329 e. The second kappa shape index (κ2) is 8.15. The lowest BCUT2D eigenvalue weighted by atomic mass is 9.77. The third kappa shape index (κ3) is 4.81. The topological polar surface area (TPSA) is 139 Å². The summed E-state index contributed by atoms with van der Waals surface area (Å²) >= 11 is 0. The number of nitrogens with zero attached hydrogens (tertiary/aromatic N) is 1. The Bertz CT molecular complexity index is 768. The summed E-state index contributed by atoms with van der Waals surface area (Å²) in [6.45, 7) is 3.18. The van der Waals surface area contributed by atoms with E-state index >= 15 is 0 Å². The molecule has 0 unspecified atom stereocenters. The van der Waals surface area contributed by atoms with E-state index in [4.69, 9.17) is 0 Å². The summed E-state index contributed by atoms with van der Waals surface area (Å²) < 4.78 is 0. The van der Waals surface area contributed by atoms with Crippen molar-refractivity contribution < 1.29 is 24.4 Å². The molecule has 1 fully saturated rings. The van der Waals surface area contributed by atoms with Crippen LogP contribution in [0.3, 0.4) is 0 Å². The third-order valence-electron chi connectivity index (χ3n) is 4.98. The van der Waals surface area contributed by atoms with Crippen LogP contribution in [0.25, 0.3) is 0 Å². The van der Waals surface area contributed by atoms with Gasteiger partial charge in [-0.3, -0.25) is 19.7 Å². The lowest BCUT2D eigenvalue weighted by Crippen LogP contribution is -2.58. The number of nitro groups is 1. The third-order valence-corrected chi connectivity index (χ3v) is 4.98. The van der Waals surface area contributed by atoms with Gasteiger partial charge in [-0.05, 0) is 50.7 Å². The minimum Gasteiger partial charge on any atom is -0.480 e. The zero-order valence-corrected chi connectivity index (χ0v) is 15.3. The number of aliphatic carboxylic acids is 1. The highest BCUT2D eigenvalue weighted by atomic mass is 16.6. The summed E-state index contributed by atoms with van der Waals surface area (Å²) in [5.41, 5.74) is -0.874. The van der Waals surface area contributed by atoms with Crippen LogP contribution >= 0.6 is 0 Å². The van der Waals surface area contributed by atoms with Crippen LogP contribution in [0.15, 0.2) is 18.2 Å². The van der Waals surface area contributed by atoms with Crippen molar-refractivity contribution in [2.75, 3.05) is 6.54 Å². The average Bonchev–Trinajstić information content (AvgIpc) is 2.61. The van der Waals surface area contributed by atoms with Gasteiger partial charge >= 0.3 is 5.97 Å². The monoisotopic (exact) mass is 377 g/mol. The van der Waals surface area contributed by atoms with Gasteiger partial charge in [0.05, 0.1) is 11.5 Å². The first-order chi connectivity index (χ1) is 12.6. The van der Waals surface area contributed by atoms with Crippen LogP contribution in [0, 0.1) is 23.0 Å². The molecule has 0 saturated heterocycles. The van der Waals surface area contributed by atoms with Crippen molar-refractivity contribution in [1.82, 2.24) is 10.6 Å². The van der Waals surface area contributed by atoms with Crippen LogP contribution in [-0.4, -0.2) is 39.9 Å². The molecule has 1 aromatic carbocycles. The SMILES string of the molecule is Cc1cc(C(=O)NCC(=O)NC2(C(=O)O)CCC(C)CC2)ccc1[N+](=O)[O-]. The van der Waals surface area contributed by atoms with Crippen LogP contribution < -0.4 is 10.6 Å². The van der Waals surface area contributed by atoms with E-state index in [1.54, 1.807) is 0 Å². The fourth-order valence-corrected chi connectivity index (χ4v) is 3.22. The first-order valence-electron chi connectivity index (χ1n) is 8.72. The van der Waals surface area contributed by atoms with E-state index in [1.165, 1.54) is 25.1 Å². The molecule has 1 aromatic rings. The first kappa shape index (κ1) is 20.3. The highest BCUT2D eigenvalue weighted by molar-refractivity contribution is 5.97. The quantitative estimate of drug-likeness (QED) is 0.510. The van der Waals surface area contributed by atoms with Gasteiger partial charge in [-0.2, -0.15) is 0 Å². The van der Waals surface area contributed by atoms with Crippen molar-refractivity contribution in [1.29, 1.82) is 0 Å². The van der Waals surface area contributed by atoms with Crippen molar-refractivity contribution in [3.05, 3.63) is 39.4 Å². The van der Waals surface area contributed by atoms with E-state index in [9.17, 15) is 29.6 Å². The van der Waals surface area contributed by atoms with E-state index in [1.807, 2.05) is 6.92 Å². The highest BCUT2D eigenvalue weighted by Gasteiger charge is 2.42. The molecule has 0 spiro atoms. The lowest BCUT2D eigenvalue weighted by Gasteiger charge is -2.36. The molecule has 27 heavy (non-hydrogen) atoms. The Hall–Kier alpha value is -2.97. The van der Waals surface area contributed by atoms with Crippen molar-refractivity contribution in [3.63, 3.8) is 0 Å². The Balaban J connectivity index is 1.96. The van der Waals surface area contributed by atoms with Gasteiger partial charge < -0.3 is 15.7 Å². The minimum absolute atomic E-state index is 0.0979. The predicted octanol–water partition coefficient (Wildman–Crippen LogP) is 1.78. The lowest BCUT2D eigenvalue weighted by molar-refractivity contribution is -0.385. The van der Waals surface area contributed by atoms with Crippen molar-refractivity contribution >= 4 is 23.5 Å². The van der Waals surface area contributed by atoms with Crippen molar-refractivity contribution in [3.8, 4) is 0 Å². The number of aryl methyl sites for hydroxylation is 1. The van der Waals surface area contributed by atoms with Gasteiger partial charge in [-0.15, -0.1) is 0 Å². The van der Waals surface area contributed by atoms with Gasteiger partial charge in [0.25, 0.3) is 11.6 Å². The second-order valence-corrected chi connectivity index (χ2v) is 7.06. The molecule has 1 aliphatic carbocycles. The number of hydrogen-bond donors (Lipinski definition) is 3. The van der Waals surface area contributed by atoms with E-state index in [-0.39, 0.29) is 17.8 Å². The predicted molar refractivity (Wildman–Crippen MR) is 96.3 cm³/mol. The number of benzene rings is 1. The number of carboxylic acids is 1. The Kier molecular flexibility index (Phi) is 6.14. The zero-order valence-electron chi connectivity index (χ0n) is 15.3. The van der Waals surface area contributed by atoms with Gasteiger partial charge in [0.2, 0.25) is 5.91 Å². The molecule has 9 nitrogen and oxygen atoms in total. The Labute approximate surface area is 156 Å². The molecule has 3 N–H and O–H groups in total. The zero-order chi connectivity index (χ0) is 20.2. The molecule has 2 rings (SSSR count). The molecule has 0 atom stereocenters. The van der Waals surface area contributed by atoms with Crippen LogP contribution in [0.2, 0.25) is 0 Å². The van der Waals surface area contributed by atoms with Gasteiger partial charge in [-0.25, -0.2) is 4.79 Å². The van der Waals surface area contributed by atoms with Crippen LogP contribution in [-0.2, 0) is 9.59 Å². The fourth-order valence-electron chi connectivity index (χ4n) is 3.22. The molecule has 0 aliphatic heterocycles. The van der Waals surface area contributed by atoms with Crippen LogP contribution in [0.1, 0.15) is 48.5 Å². The Morgan fingerprint density at radius 3 is 2.44 bits per heavy atom. The molecule has 9 heteroatoms. The number of carbonyl (C=O) groups is 3. The van der Waals surface area contributed by atoms with Crippen molar-refractivity contribution in [2.24, 2.45) is 5.92 Å². The molecular formula is C18H23N3O6. The first-order valence-corrected chi connectivity index (χ1v) is 8.72. The van der Waals surface area contributed by atoms with Crippen LogP contribution in [0.4, 0.5) is 5.69 Å². The number of carbonyl (C=O) groups excluding carboxylic acids is 2. The van der Waals surface area contributed by atoms with Gasteiger partial charge in [0.15, 0.2) is 0 Å². The summed E-state index contributed by atoms with van der Waals surface area (Å²) in [5, 5.41) is 25.3. The number of nitro benzene ring substituents is 1. The number of amides is 2. The maximum absolute atomic E-state index is 12.2. The van der Waals surface area contributed by atoms with Gasteiger partial charge in [-0.1, -0.05) is 6.92 Å². The highest BCUT2D eigenvalue weighted by Crippen LogP contribution is 2.32. The van der Waals surface area contributed by atoms with E-state index in [0.29, 0.717) is 37.2 Å². The van der Waals surface area contributed by atoms with E-state index < -0.39 is 28.2 Å². The average molecular weight is 377 g/mol. The molecule has 0 heterocycles. The largest absolute Gasteiger partial charge is 0.480 e. The summed E-state index contributed by atoms with van der Waals surface area (Å²) in [5.74, 6) is -1.80. The number of carboxylic acid groups (broad SMARTS) is 1. The molecule has 0 bridgehead atoms. The van der Waals surface area contributed by atoms with Crippen molar-refractivity contribution in [2.45, 2.75) is 45.1 Å². The Morgan fingerprint density at radius 1 is 1.30 bits per heavy atom. The standard InChI is InChI=1S/C18H23N3O6/c1-11-5-7-18(8-6-11,17(24)25)20-15(22)10-19-16(23)13-3-4-14(21(26)27)12(2)9-13/h3-4,9,11H,5-8,10H2,1-2H3,(H,19,23)(H,20,22)(H,24,25). The molecule has 2 amide bonds. The minimum atomic E-state index is -1.29. The summed E-state index contributed by atoms with van der Waals surface area (Å²) in [7, 11) is 0. The molecule has 146 valence electrons. The fraction of sp³-hybridized carbons (Fsp3) is 0.500.